The van der Waals surface area contributed by atoms with Gasteiger partial charge in [-0.15, -0.1) is 10.2 Å². The molecule has 1 N–H and O–H groups in total. The molecule has 0 saturated carbocycles. The molecular weight excluding hydrogens is 296 g/mol. The molecule has 20 heavy (non-hydrogen) atoms. The van der Waals surface area contributed by atoms with Gasteiger partial charge in [0.2, 0.25) is 10.1 Å². The van der Waals surface area contributed by atoms with E-state index in [1.54, 1.807) is 18.0 Å². The predicted molar refractivity (Wildman–Crippen MR) is 81.3 cm³/mol. The number of carbonyl (C=O) groups excluding carboxylic acids is 1. The maximum atomic E-state index is 12.2. The van der Waals surface area contributed by atoms with Gasteiger partial charge in [-0.2, -0.15) is 0 Å². The number of nitrogens with one attached hydrogen (secondary N) is 1. The molecule has 2 aromatic rings. The number of benzene rings is 1. The largest absolute Gasteiger partial charge is 0.360 e. The van der Waals surface area contributed by atoms with E-state index in [0.29, 0.717) is 21.7 Å². The third kappa shape index (κ3) is 3.68. The van der Waals surface area contributed by atoms with Crippen LogP contribution in [-0.4, -0.2) is 34.6 Å². The van der Waals surface area contributed by atoms with Gasteiger partial charge >= 0.3 is 0 Å². The number of aromatic nitrogens is 2. The van der Waals surface area contributed by atoms with Gasteiger partial charge in [-0.25, -0.2) is 0 Å². The Morgan fingerprint density at radius 2 is 2.25 bits per heavy atom. The lowest BCUT2D eigenvalue weighted by Gasteiger charge is -2.15. The molecule has 0 bridgehead atoms. The summed E-state index contributed by atoms with van der Waals surface area (Å²) in [5.41, 5.74) is 0.977. The van der Waals surface area contributed by atoms with Gasteiger partial charge < -0.3 is 10.2 Å². The fraction of sp³-hybridized carbons (Fsp3) is 0.308. The third-order valence-electron chi connectivity index (χ3n) is 2.59. The Morgan fingerprint density at radius 1 is 1.45 bits per heavy atom. The minimum absolute atomic E-state index is 0.147. The van der Waals surface area contributed by atoms with Crippen molar-refractivity contribution in [3.05, 3.63) is 39.9 Å². The van der Waals surface area contributed by atoms with E-state index < -0.39 is 0 Å². The smallest absolute Gasteiger partial charge is 0.284 e. The molecule has 0 fully saturated rings. The molecule has 0 aliphatic carbocycles. The Labute approximate surface area is 126 Å². The highest BCUT2D eigenvalue weighted by Gasteiger charge is 2.17. The minimum atomic E-state index is -0.147. The molecule has 0 radical (unpaired) electrons. The normalized spacial score (nSPS) is 10.3. The predicted octanol–water partition coefficient (Wildman–Crippen LogP) is 2.90. The Kier molecular flexibility index (Phi) is 4.92. The Bertz CT molecular complexity index is 602. The highest BCUT2D eigenvalue weighted by atomic mass is 35.5. The number of hydrogen-bond donors (Lipinski definition) is 1. The van der Waals surface area contributed by atoms with Crippen LogP contribution in [0.3, 0.4) is 0 Å². The topological polar surface area (TPSA) is 58.1 Å². The van der Waals surface area contributed by atoms with Crippen molar-refractivity contribution in [3.63, 3.8) is 0 Å². The second-order valence-electron chi connectivity index (χ2n) is 4.23. The number of anilines is 1. The van der Waals surface area contributed by atoms with Gasteiger partial charge in [0.15, 0.2) is 0 Å². The summed E-state index contributed by atoms with van der Waals surface area (Å²) in [7, 11) is 1.73. The Balaban J connectivity index is 2.04. The summed E-state index contributed by atoms with van der Waals surface area (Å²) in [6.45, 7) is 3.20. The van der Waals surface area contributed by atoms with E-state index in [-0.39, 0.29) is 5.91 Å². The Hall–Kier alpha value is -1.66. The summed E-state index contributed by atoms with van der Waals surface area (Å²) in [5, 5.41) is 12.6. The van der Waals surface area contributed by atoms with Crippen LogP contribution >= 0.6 is 22.9 Å². The first-order valence-corrected chi connectivity index (χ1v) is 7.37. The molecule has 0 atom stereocenters. The maximum absolute atomic E-state index is 12.2. The monoisotopic (exact) mass is 310 g/mol. The number of rotatable bonds is 5. The van der Waals surface area contributed by atoms with Crippen molar-refractivity contribution < 1.29 is 4.79 Å². The van der Waals surface area contributed by atoms with Crippen LogP contribution in [0.2, 0.25) is 5.02 Å². The Morgan fingerprint density at radius 3 is 2.95 bits per heavy atom. The lowest BCUT2D eigenvalue weighted by atomic mass is 10.2. The van der Waals surface area contributed by atoms with E-state index in [2.05, 4.69) is 15.5 Å². The molecule has 1 amide bonds. The maximum Gasteiger partial charge on any atom is 0.284 e. The van der Waals surface area contributed by atoms with Crippen LogP contribution in [0.1, 0.15) is 22.3 Å². The number of amides is 1. The fourth-order valence-electron chi connectivity index (χ4n) is 1.68. The van der Waals surface area contributed by atoms with Gasteiger partial charge in [-0.1, -0.05) is 35.1 Å². The van der Waals surface area contributed by atoms with Gasteiger partial charge in [-0.05, 0) is 24.6 Å². The van der Waals surface area contributed by atoms with E-state index in [1.165, 1.54) is 11.3 Å². The molecule has 0 saturated heterocycles. The second kappa shape index (κ2) is 6.67. The molecule has 0 spiro atoms. The summed E-state index contributed by atoms with van der Waals surface area (Å²) in [5.74, 6) is -0.147. The lowest BCUT2D eigenvalue weighted by molar-refractivity contribution is 0.0784. The van der Waals surface area contributed by atoms with E-state index in [1.807, 2.05) is 25.1 Å². The third-order valence-corrected chi connectivity index (χ3v) is 3.70. The molecule has 7 heteroatoms. The number of hydrogen-bond acceptors (Lipinski definition) is 5. The highest BCUT2D eigenvalue weighted by molar-refractivity contribution is 7.17. The molecule has 1 aromatic heterocycles. The number of nitrogens with zero attached hydrogens (tertiary/aromatic N) is 3. The molecule has 1 aromatic carbocycles. The zero-order valence-corrected chi connectivity index (χ0v) is 12.8. The van der Waals surface area contributed by atoms with Crippen LogP contribution in [0.4, 0.5) is 5.13 Å². The van der Waals surface area contributed by atoms with Crippen molar-refractivity contribution in [1.82, 2.24) is 15.1 Å². The molecule has 106 valence electrons. The molecule has 1 heterocycles. The molecule has 0 unspecified atom stereocenters. The zero-order valence-electron chi connectivity index (χ0n) is 11.3. The first kappa shape index (κ1) is 14.7. The van der Waals surface area contributed by atoms with Crippen molar-refractivity contribution in [1.29, 1.82) is 0 Å². The van der Waals surface area contributed by atoms with Gasteiger partial charge in [0.05, 0.1) is 0 Å². The lowest BCUT2D eigenvalue weighted by Crippen LogP contribution is -2.26. The van der Waals surface area contributed by atoms with Gasteiger partial charge in [-0.3, -0.25) is 4.79 Å². The molecule has 5 nitrogen and oxygen atoms in total. The quantitative estimate of drug-likeness (QED) is 0.922. The summed E-state index contributed by atoms with van der Waals surface area (Å²) >= 11 is 7.19. The van der Waals surface area contributed by atoms with Crippen molar-refractivity contribution >= 4 is 34.0 Å². The van der Waals surface area contributed by atoms with Crippen molar-refractivity contribution in [2.45, 2.75) is 13.5 Å². The first-order chi connectivity index (χ1) is 9.60. The molecule has 2 rings (SSSR count). The SMILES string of the molecule is CCNc1nnc(C(=O)N(C)Cc2cccc(Cl)c2)s1. The van der Waals surface area contributed by atoms with Gasteiger partial charge in [0.25, 0.3) is 5.91 Å². The molecule has 0 aliphatic heterocycles. The van der Waals surface area contributed by atoms with Gasteiger partial charge in [0.1, 0.15) is 0 Å². The van der Waals surface area contributed by atoms with Crippen LogP contribution in [0.25, 0.3) is 0 Å². The highest BCUT2D eigenvalue weighted by Crippen LogP contribution is 2.18. The zero-order chi connectivity index (χ0) is 14.5. The molecule has 0 aliphatic rings. The average Bonchev–Trinajstić information content (AvgIpc) is 2.87. The van der Waals surface area contributed by atoms with Crippen molar-refractivity contribution in [3.8, 4) is 0 Å². The van der Waals surface area contributed by atoms with E-state index in [0.717, 1.165) is 12.1 Å². The molecular formula is C13H15ClN4OS. The van der Waals surface area contributed by atoms with Crippen molar-refractivity contribution in [2.75, 3.05) is 18.9 Å². The van der Waals surface area contributed by atoms with Crippen LogP contribution in [-0.2, 0) is 6.54 Å². The van der Waals surface area contributed by atoms with Crippen LogP contribution < -0.4 is 5.32 Å². The summed E-state index contributed by atoms with van der Waals surface area (Å²) in [4.78, 5) is 13.8. The van der Waals surface area contributed by atoms with Crippen LogP contribution in [0.15, 0.2) is 24.3 Å². The number of carbonyl (C=O) groups is 1. The fourth-order valence-corrected chi connectivity index (χ4v) is 2.70. The first-order valence-electron chi connectivity index (χ1n) is 6.17. The minimum Gasteiger partial charge on any atom is -0.360 e. The average molecular weight is 311 g/mol. The van der Waals surface area contributed by atoms with E-state index >= 15 is 0 Å². The summed E-state index contributed by atoms with van der Waals surface area (Å²) in [6, 6.07) is 7.44. The summed E-state index contributed by atoms with van der Waals surface area (Å²) < 4.78 is 0. The van der Waals surface area contributed by atoms with Crippen LogP contribution in [0.5, 0.6) is 0 Å². The van der Waals surface area contributed by atoms with Crippen molar-refractivity contribution in [2.24, 2.45) is 0 Å². The number of halogens is 1. The van der Waals surface area contributed by atoms with E-state index in [9.17, 15) is 4.79 Å². The standard InChI is InChI=1S/C13H15ClN4OS/c1-3-15-13-17-16-11(20-13)12(19)18(2)8-9-5-4-6-10(14)7-9/h4-7H,3,8H2,1-2H3,(H,15,17). The summed E-state index contributed by atoms with van der Waals surface area (Å²) in [6.07, 6.45) is 0. The van der Waals surface area contributed by atoms with E-state index in [4.69, 9.17) is 11.6 Å². The second-order valence-corrected chi connectivity index (χ2v) is 5.65. The van der Waals surface area contributed by atoms with Crippen LogP contribution in [0, 0.1) is 0 Å². The van der Waals surface area contributed by atoms with Gasteiger partial charge in [0, 0.05) is 25.2 Å².